The SMILES string of the molecule is CN(CCNC(=O)OC(C)(C)C)C(=O)[C@H]1CCc2c(sc3ncnc(Nc4ccc5nnsc5c4)c23)C1. The highest BCUT2D eigenvalue weighted by Gasteiger charge is 2.30. The van der Waals surface area contributed by atoms with E-state index in [9.17, 15) is 9.59 Å². The lowest BCUT2D eigenvalue weighted by Gasteiger charge is -2.27. The van der Waals surface area contributed by atoms with Crippen LogP contribution in [0.25, 0.3) is 20.4 Å². The summed E-state index contributed by atoms with van der Waals surface area (Å²) in [7, 11) is 1.78. The minimum Gasteiger partial charge on any atom is -0.444 e. The molecule has 3 aromatic heterocycles. The molecule has 2 N–H and O–H groups in total. The van der Waals surface area contributed by atoms with Crippen molar-refractivity contribution < 1.29 is 14.3 Å². The van der Waals surface area contributed by atoms with Gasteiger partial charge in [0.1, 0.15) is 28.1 Å². The Kier molecular flexibility index (Phi) is 6.95. The van der Waals surface area contributed by atoms with Crippen LogP contribution >= 0.6 is 22.9 Å². The first-order valence-corrected chi connectivity index (χ1v) is 13.7. The predicted octanol–water partition coefficient (Wildman–Crippen LogP) is 4.53. The molecule has 1 aliphatic carbocycles. The molecule has 1 aromatic carbocycles. The fourth-order valence-corrected chi connectivity index (χ4v) is 6.34. The molecule has 12 heteroatoms. The van der Waals surface area contributed by atoms with Gasteiger partial charge in [-0.15, -0.1) is 16.4 Å². The number of nitrogens with zero attached hydrogens (tertiary/aromatic N) is 5. The topological polar surface area (TPSA) is 122 Å². The molecule has 2 amide bonds. The number of anilines is 2. The number of rotatable bonds is 6. The van der Waals surface area contributed by atoms with Crippen molar-refractivity contribution in [3.05, 3.63) is 35.0 Å². The molecule has 0 unspecified atom stereocenters. The molecule has 0 bridgehead atoms. The lowest BCUT2D eigenvalue weighted by molar-refractivity contribution is -0.134. The summed E-state index contributed by atoms with van der Waals surface area (Å²) in [5.41, 5.74) is 2.46. The number of hydrogen-bond donors (Lipinski definition) is 2. The van der Waals surface area contributed by atoms with Crippen molar-refractivity contribution >= 4 is 66.8 Å². The Balaban J connectivity index is 1.25. The first kappa shape index (κ1) is 25.3. The van der Waals surface area contributed by atoms with E-state index in [0.717, 1.165) is 44.8 Å². The van der Waals surface area contributed by atoms with Gasteiger partial charge in [-0.1, -0.05) is 4.49 Å². The molecule has 3 heterocycles. The average molecular weight is 540 g/mol. The van der Waals surface area contributed by atoms with Crippen LogP contribution in [0.5, 0.6) is 0 Å². The molecule has 4 aromatic rings. The number of likely N-dealkylation sites (N-methyl/N-ethyl adjacent to an activating group) is 1. The monoisotopic (exact) mass is 539 g/mol. The summed E-state index contributed by atoms with van der Waals surface area (Å²) in [6.07, 6.45) is 3.32. The summed E-state index contributed by atoms with van der Waals surface area (Å²) in [6.45, 7) is 6.21. The first-order chi connectivity index (χ1) is 17.7. The summed E-state index contributed by atoms with van der Waals surface area (Å²) in [6, 6.07) is 5.94. The second-order valence-corrected chi connectivity index (χ2v) is 12.0. The predicted molar refractivity (Wildman–Crippen MR) is 146 cm³/mol. The Morgan fingerprint density at radius 3 is 2.89 bits per heavy atom. The van der Waals surface area contributed by atoms with Crippen molar-refractivity contribution in [3.8, 4) is 0 Å². The fourth-order valence-electron chi connectivity index (χ4n) is 4.47. The van der Waals surface area contributed by atoms with Crippen LogP contribution in [0.2, 0.25) is 0 Å². The van der Waals surface area contributed by atoms with Crippen molar-refractivity contribution in [2.24, 2.45) is 5.92 Å². The largest absolute Gasteiger partial charge is 0.444 e. The number of amides is 2. The Labute approximate surface area is 222 Å². The van der Waals surface area contributed by atoms with Crippen LogP contribution in [0.4, 0.5) is 16.3 Å². The Morgan fingerprint density at radius 2 is 2.08 bits per heavy atom. The van der Waals surface area contributed by atoms with E-state index >= 15 is 0 Å². The molecule has 1 atom stereocenters. The zero-order valence-corrected chi connectivity index (χ0v) is 22.8. The highest BCUT2D eigenvalue weighted by molar-refractivity contribution is 7.19. The highest BCUT2D eigenvalue weighted by Crippen LogP contribution is 2.41. The van der Waals surface area contributed by atoms with Gasteiger partial charge in [-0.25, -0.2) is 14.8 Å². The van der Waals surface area contributed by atoms with Crippen LogP contribution in [-0.2, 0) is 22.4 Å². The summed E-state index contributed by atoms with van der Waals surface area (Å²) in [4.78, 5) is 37.9. The first-order valence-electron chi connectivity index (χ1n) is 12.1. The van der Waals surface area contributed by atoms with Gasteiger partial charge in [0.2, 0.25) is 5.91 Å². The number of fused-ring (bicyclic) bond motifs is 4. The van der Waals surface area contributed by atoms with Gasteiger partial charge in [0, 0.05) is 36.6 Å². The van der Waals surface area contributed by atoms with E-state index in [0.29, 0.717) is 19.5 Å². The number of ether oxygens (including phenoxy) is 1. The van der Waals surface area contributed by atoms with E-state index < -0.39 is 11.7 Å². The number of aryl methyl sites for hydroxylation is 1. The van der Waals surface area contributed by atoms with Gasteiger partial charge in [-0.05, 0) is 75.3 Å². The van der Waals surface area contributed by atoms with Crippen LogP contribution in [-0.4, -0.2) is 62.2 Å². The van der Waals surface area contributed by atoms with Crippen molar-refractivity contribution in [1.82, 2.24) is 29.8 Å². The molecule has 37 heavy (non-hydrogen) atoms. The number of alkyl carbamates (subject to hydrolysis) is 1. The average Bonchev–Trinajstić information content (AvgIpc) is 3.46. The van der Waals surface area contributed by atoms with Gasteiger partial charge in [-0.3, -0.25) is 4.79 Å². The lowest BCUT2D eigenvalue weighted by atomic mass is 9.87. The maximum atomic E-state index is 13.2. The Morgan fingerprint density at radius 1 is 1.24 bits per heavy atom. The normalized spacial score (nSPS) is 15.4. The maximum Gasteiger partial charge on any atom is 0.407 e. The zero-order valence-electron chi connectivity index (χ0n) is 21.2. The summed E-state index contributed by atoms with van der Waals surface area (Å²) in [5.74, 6) is 0.761. The summed E-state index contributed by atoms with van der Waals surface area (Å²) in [5, 5.41) is 11.3. The second kappa shape index (κ2) is 10.2. The fraction of sp³-hybridized carbons (Fsp3) is 0.440. The Hall–Kier alpha value is -3.38. The molecule has 194 valence electrons. The molecule has 0 spiro atoms. The standard InChI is InChI=1S/C25H29N7O3S2/c1-25(2,3)35-24(34)26-9-10-32(4)23(33)14-5-7-16-18(11-14)36-22-20(16)21(27-13-28-22)29-15-6-8-17-19(12-15)37-31-30-17/h6,8,12-14H,5,7,9-11H2,1-4H3,(H,26,34)(H,27,28,29)/t14-/m0/s1. The number of carbonyl (C=O) groups excluding carboxylic acids is 2. The highest BCUT2D eigenvalue weighted by atomic mass is 32.1. The summed E-state index contributed by atoms with van der Waals surface area (Å²) < 4.78 is 10.3. The van der Waals surface area contributed by atoms with E-state index in [1.807, 2.05) is 39.0 Å². The van der Waals surface area contributed by atoms with Crippen molar-refractivity contribution in [1.29, 1.82) is 0 Å². The third-order valence-corrected chi connectivity index (χ3v) is 8.05. The minimum absolute atomic E-state index is 0.0880. The van der Waals surface area contributed by atoms with Gasteiger partial charge in [0.05, 0.1) is 10.1 Å². The van der Waals surface area contributed by atoms with Gasteiger partial charge in [0.25, 0.3) is 0 Å². The molecule has 0 saturated heterocycles. The van der Waals surface area contributed by atoms with Gasteiger partial charge in [0.15, 0.2) is 0 Å². The third-order valence-electron chi connectivity index (χ3n) is 6.20. The van der Waals surface area contributed by atoms with E-state index in [2.05, 4.69) is 30.2 Å². The molecule has 5 rings (SSSR count). The molecule has 0 radical (unpaired) electrons. The number of thiophene rings is 1. The Bertz CT molecular complexity index is 1460. The van der Waals surface area contributed by atoms with E-state index in [1.165, 1.54) is 22.0 Å². The number of carbonyl (C=O) groups is 2. The van der Waals surface area contributed by atoms with Gasteiger partial charge < -0.3 is 20.3 Å². The second-order valence-electron chi connectivity index (χ2n) is 10.1. The van der Waals surface area contributed by atoms with Gasteiger partial charge in [-0.2, -0.15) is 0 Å². The minimum atomic E-state index is -0.553. The molecule has 0 aliphatic heterocycles. The van der Waals surface area contributed by atoms with Crippen molar-refractivity contribution in [2.75, 3.05) is 25.5 Å². The molecule has 0 saturated carbocycles. The number of hydrogen-bond acceptors (Lipinski definition) is 10. The molecule has 0 fully saturated rings. The van der Waals surface area contributed by atoms with E-state index in [1.54, 1.807) is 29.6 Å². The lowest BCUT2D eigenvalue weighted by Crippen LogP contribution is -2.41. The third kappa shape index (κ3) is 5.64. The van der Waals surface area contributed by atoms with Crippen LogP contribution in [0.1, 0.15) is 37.6 Å². The van der Waals surface area contributed by atoms with Crippen LogP contribution in [0, 0.1) is 5.92 Å². The number of aromatic nitrogens is 4. The molecular formula is C25H29N7O3S2. The maximum absolute atomic E-state index is 13.2. The quantitative estimate of drug-likeness (QED) is 0.367. The van der Waals surface area contributed by atoms with Gasteiger partial charge >= 0.3 is 6.09 Å². The summed E-state index contributed by atoms with van der Waals surface area (Å²) >= 11 is 2.99. The molecule has 10 nitrogen and oxygen atoms in total. The van der Waals surface area contributed by atoms with E-state index in [-0.39, 0.29) is 11.8 Å². The smallest absolute Gasteiger partial charge is 0.407 e. The number of benzene rings is 1. The van der Waals surface area contributed by atoms with Crippen molar-refractivity contribution in [3.63, 3.8) is 0 Å². The van der Waals surface area contributed by atoms with Crippen molar-refractivity contribution in [2.45, 2.75) is 45.6 Å². The van der Waals surface area contributed by atoms with E-state index in [4.69, 9.17) is 4.74 Å². The molecule has 1 aliphatic rings. The van der Waals surface area contributed by atoms with Crippen LogP contribution in [0.3, 0.4) is 0 Å². The number of nitrogens with one attached hydrogen (secondary N) is 2. The van der Waals surface area contributed by atoms with Crippen LogP contribution in [0.15, 0.2) is 24.5 Å². The molecular weight excluding hydrogens is 510 g/mol. The zero-order chi connectivity index (χ0) is 26.2. The van der Waals surface area contributed by atoms with Crippen LogP contribution < -0.4 is 10.6 Å².